The van der Waals surface area contributed by atoms with Gasteiger partial charge in [0, 0.05) is 6.04 Å². The summed E-state index contributed by atoms with van der Waals surface area (Å²) in [5.41, 5.74) is 5.55. The quantitative estimate of drug-likeness (QED) is 0.722. The minimum Gasteiger partial charge on any atom is -0.330 e. The summed E-state index contributed by atoms with van der Waals surface area (Å²) in [5.74, 6) is 1.03. The standard InChI is InChI=1S/C13H26N2/c14-9-4-5-10-15-11-8-12-6-2-1-3-7-13(12)15/h12-13H,1-11,14H2. The Morgan fingerprint density at radius 3 is 2.73 bits per heavy atom. The van der Waals surface area contributed by atoms with Gasteiger partial charge in [0.15, 0.2) is 0 Å². The normalized spacial score (nSPS) is 32.6. The topological polar surface area (TPSA) is 29.3 Å². The van der Waals surface area contributed by atoms with E-state index in [2.05, 4.69) is 4.90 Å². The third-order valence-electron chi connectivity index (χ3n) is 4.27. The maximum absolute atomic E-state index is 5.55. The minimum atomic E-state index is 0.863. The lowest BCUT2D eigenvalue weighted by molar-refractivity contribution is 0.212. The van der Waals surface area contributed by atoms with Crippen LogP contribution < -0.4 is 5.73 Å². The van der Waals surface area contributed by atoms with E-state index >= 15 is 0 Å². The second kappa shape index (κ2) is 5.86. The van der Waals surface area contributed by atoms with Gasteiger partial charge < -0.3 is 10.6 Å². The summed E-state index contributed by atoms with van der Waals surface area (Å²) in [6.45, 7) is 3.53. The van der Waals surface area contributed by atoms with Crippen LogP contribution in [0.5, 0.6) is 0 Å². The predicted molar refractivity (Wildman–Crippen MR) is 64.8 cm³/mol. The molecule has 1 aliphatic heterocycles. The second-order valence-corrected chi connectivity index (χ2v) is 5.29. The molecule has 2 fully saturated rings. The Morgan fingerprint density at radius 2 is 1.87 bits per heavy atom. The van der Waals surface area contributed by atoms with Crippen LogP contribution in [0.1, 0.15) is 51.4 Å². The van der Waals surface area contributed by atoms with Crippen LogP contribution in [0.2, 0.25) is 0 Å². The summed E-state index contributed by atoms with van der Waals surface area (Å²) in [6, 6.07) is 0.935. The Hall–Kier alpha value is -0.0800. The molecule has 88 valence electrons. The monoisotopic (exact) mass is 210 g/mol. The van der Waals surface area contributed by atoms with Crippen molar-refractivity contribution in [2.45, 2.75) is 57.4 Å². The first kappa shape index (κ1) is 11.4. The molecule has 2 rings (SSSR count). The predicted octanol–water partition coefficient (Wildman–Crippen LogP) is 2.38. The molecule has 0 aromatic carbocycles. The van der Waals surface area contributed by atoms with Gasteiger partial charge in [-0.05, 0) is 57.7 Å². The molecule has 0 amide bonds. The molecule has 2 aliphatic rings. The summed E-state index contributed by atoms with van der Waals surface area (Å²) in [7, 11) is 0. The van der Waals surface area contributed by atoms with Crippen molar-refractivity contribution in [2.75, 3.05) is 19.6 Å². The first-order valence-corrected chi connectivity index (χ1v) is 6.86. The number of nitrogens with two attached hydrogens (primary N) is 1. The van der Waals surface area contributed by atoms with Crippen LogP contribution in [0.25, 0.3) is 0 Å². The van der Waals surface area contributed by atoms with Gasteiger partial charge >= 0.3 is 0 Å². The summed E-state index contributed by atoms with van der Waals surface area (Å²) < 4.78 is 0. The summed E-state index contributed by atoms with van der Waals surface area (Å²) in [5, 5.41) is 0. The van der Waals surface area contributed by atoms with Gasteiger partial charge in [0.05, 0.1) is 0 Å². The van der Waals surface area contributed by atoms with Gasteiger partial charge in [-0.3, -0.25) is 0 Å². The number of unbranched alkanes of at least 4 members (excludes halogenated alkanes) is 1. The van der Waals surface area contributed by atoms with Crippen molar-refractivity contribution in [1.29, 1.82) is 0 Å². The molecule has 2 unspecified atom stereocenters. The summed E-state index contributed by atoms with van der Waals surface area (Å²) in [6.07, 6.45) is 11.4. The van der Waals surface area contributed by atoms with E-state index in [1.807, 2.05) is 0 Å². The third kappa shape index (κ3) is 2.94. The maximum atomic E-state index is 5.55. The van der Waals surface area contributed by atoms with Gasteiger partial charge in [-0.2, -0.15) is 0 Å². The maximum Gasteiger partial charge on any atom is 0.0124 e. The molecule has 1 saturated carbocycles. The smallest absolute Gasteiger partial charge is 0.0124 e. The summed E-state index contributed by atoms with van der Waals surface area (Å²) in [4.78, 5) is 2.76. The molecule has 0 spiro atoms. The van der Waals surface area contributed by atoms with Gasteiger partial charge in [0.25, 0.3) is 0 Å². The molecule has 1 saturated heterocycles. The summed E-state index contributed by atoms with van der Waals surface area (Å²) >= 11 is 0. The van der Waals surface area contributed by atoms with E-state index in [4.69, 9.17) is 5.73 Å². The first-order valence-electron chi connectivity index (χ1n) is 6.86. The van der Waals surface area contributed by atoms with Crippen LogP contribution >= 0.6 is 0 Å². The lowest BCUT2D eigenvalue weighted by atomic mass is 9.95. The van der Waals surface area contributed by atoms with E-state index < -0.39 is 0 Å². The number of likely N-dealkylation sites (tertiary alicyclic amines) is 1. The molecular formula is C13H26N2. The van der Waals surface area contributed by atoms with Crippen LogP contribution in [0, 0.1) is 5.92 Å². The van der Waals surface area contributed by atoms with E-state index in [1.165, 1.54) is 64.5 Å². The van der Waals surface area contributed by atoms with Gasteiger partial charge in [-0.25, -0.2) is 0 Å². The van der Waals surface area contributed by atoms with Crippen LogP contribution in [0.4, 0.5) is 0 Å². The van der Waals surface area contributed by atoms with Gasteiger partial charge in [0.1, 0.15) is 0 Å². The Labute approximate surface area is 94.2 Å². The number of hydrogen-bond donors (Lipinski definition) is 1. The molecule has 2 N–H and O–H groups in total. The van der Waals surface area contributed by atoms with Crippen molar-refractivity contribution in [2.24, 2.45) is 11.7 Å². The fraction of sp³-hybridized carbons (Fsp3) is 1.00. The highest BCUT2D eigenvalue weighted by Gasteiger charge is 2.33. The molecule has 2 heteroatoms. The zero-order chi connectivity index (χ0) is 10.5. The van der Waals surface area contributed by atoms with E-state index in [1.54, 1.807) is 0 Å². The highest BCUT2D eigenvalue weighted by atomic mass is 15.2. The highest BCUT2D eigenvalue weighted by Crippen LogP contribution is 2.34. The van der Waals surface area contributed by atoms with E-state index in [9.17, 15) is 0 Å². The molecule has 1 heterocycles. The molecule has 0 aromatic heterocycles. The molecule has 15 heavy (non-hydrogen) atoms. The van der Waals surface area contributed by atoms with E-state index in [-0.39, 0.29) is 0 Å². The Morgan fingerprint density at radius 1 is 1.00 bits per heavy atom. The number of rotatable bonds is 4. The van der Waals surface area contributed by atoms with Crippen molar-refractivity contribution in [3.63, 3.8) is 0 Å². The number of nitrogens with zero attached hydrogens (tertiary/aromatic N) is 1. The van der Waals surface area contributed by atoms with Gasteiger partial charge in [-0.1, -0.05) is 19.3 Å². The van der Waals surface area contributed by atoms with Crippen LogP contribution in [0.15, 0.2) is 0 Å². The molecule has 2 atom stereocenters. The van der Waals surface area contributed by atoms with Crippen molar-refractivity contribution < 1.29 is 0 Å². The Balaban J connectivity index is 1.79. The molecule has 1 aliphatic carbocycles. The van der Waals surface area contributed by atoms with Crippen molar-refractivity contribution in [3.8, 4) is 0 Å². The van der Waals surface area contributed by atoms with E-state index in [0.717, 1.165) is 18.5 Å². The highest BCUT2D eigenvalue weighted by molar-refractivity contribution is 4.88. The molecule has 0 aromatic rings. The van der Waals surface area contributed by atoms with Crippen molar-refractivity contribution in [1.82, 2.24) is 4.90 Å². The zero-order valence-electron chi connectivity index (χ0n) is 9.96. The molecule has 0 radical (unpaired) electrons. The number of hydrogen-bond acceptors (Lipinski definition) is 2. The Kier molecular flexibility index (Phi) is 4.45. The van der Waals surface area contributed by atoms with Gasteiger partial charge in [-0.15, -0.1) is 0 Å². The fourth-order valence-corrected chi connectivity index (χ4v) is 3.42. The van der Waals surface area contributed by atoms with Crippen molar-refractivity contribution in [3.05, 3.63) is 0 Å². The molecular weight excluding hydrogens is 184 g/mol. The van der Waals surface area contributed by atoms with Crippen LogP contribution in [0.3, 0.4) is 0 Å². The fourth-order valence-electron chi connectivity index (χ4n) is 3.42. The first-order chi connectivity index (χ1) is 7.42. The lowest BCUT2D eigenvalue weighted by Crippen LogP contribution is -2.33. The third-order valence-corrected chi connectivity index (χ3v) is 4.27. The van der Waals surface area contributed by atoms with Crippen molar-refractivity contribution >= 4 is 0 Å². The lowest BCUT2D eigenvalue weighted by Gasteiger charge is -2.26. The molecule has 0 bridgehead atoms. The van der Waals surface area contributed by atoms with Gasteiger partial charge in [0.2, 0.25) is 0 Å². The largest absolute Gasteiger partial charge is 0.330 e. The SMILES string of the molecule is NCCCCN1CCC2CCCCCC21. The zero-order valence-corrected chi connectivity index (χ0v) is 9.96. The molecule has 2 nitrogen and oxygen atoms in total. The average Bonchev–Trinajstić information content (AvgIpc) is 2.50. The second-order valence-electron chi connectivity index (χ2n) is 5.29. The Bertz CT molecular complexity index is 181. The van der Waals surface area contributed by atoms with Crippen LogP contribution in [-0.4, -0.2) is 30.6 Å². The van der Waals surface area contributed by atoms with E-state index in [0.29, 0.717) is 0 Å². The average molecular weight is 210 g/mol. The van der Waals surface area contributed by atoms with Crippen LogP contribution in [-0.2, 0) is 0 Å². The number of fused-ring (bicyclic) bond motifs is 1. The minimum absolute atomic E-state index is 0.863.